The molecule has 0 fully saturated rings. The normalized spacial score (nSPS) is 18.3. The minimum Gasteiger partial charge on any atom is -0.467 e. The van der Waals surface area contributed by atoms with Gasteiger partial charge < -0.3 is 4.74 Å². The van der Waals surface area contributed by atoms with E-state index in [0.29, 0.717) is 6.54 Å². The zero-order chi connectivity index (χ0) is 12.4. The van der Waals surface area contributed by atoms with Crippen LogP contribution >= 0.6 is 0 Å². The van der Waals surface area contributed by atoms with Crippen LogP contribution in [0.25, 0.3) is 0 Å². The average Bonchev–Trinajstić information content (AvgIpc) is 2.89. The summed E-state index contributed by atoms with van der Waals surface area (Å²) in [7, 11) is 0. The molecule has 0 spiro atoms. The highest BCUT2D eigenvalue weighted by Crippen LogP contribution is 2.25. The summed E-state index contributed by atoms with van der Waals surface area (Å²) in [4.78, 5) is 4.49. The Morgan fingerprint density at radius 2 is 1.89 bits per heavy atom. The number of hydrogen-bond acceptors (Lipinski definition) is 2. The van der Waals surface area contributed by atoms with Gasteiger partial charge in [0.15, 0.2) is 0 Å². The first-order valence-electron chi connectivity index (χ1n) is 6.16. The molecule has 0 saturated heterocycles. The highest BCUT2D eigenvalue weighted by Gasteiger charge is 2.22. The first-order valence-corrected chi connectivity index (χ1v) is 6.16. The summed E-state index contributed by atoms with van der Waals surface area (Å²) in [6.45, 7) is 2.80. The van der Waals surface area contributed by atoms with Crippen molar-refractivity contribution in [2.75, 3.05) is 6.54 Å². The molecule has 1 atom stereocenters. The molecule has 90 valence electrons. The molecule has 0 aromatic heterocycles. The van der Waals surface area contributed by atoms with E-state index in [0.717, 1.165) is 11.5 Å². The predicted molar refractivity (Wildman–Crippen MR) is 72.9 cm³/mol. The maximum Gasteiger partial charge on any atom is 0.216 e. The minimum atomic E-state index is 0.0557. The maximum absolute atomic E-state index is 5.94. The van der Waals surface area contributed by atoms with Gasteiger partial charge >= 0.3 is 0 Å². The van der Waals surface area contributed by atoms with Crippen molar-refractivity contribution in [1.82, 2.24) is 0 Å². The van der Waals surface area contributed by atoms with E-state index in [2.05, 4.69) is 36.2 Å². The lowest BCUT2D eigenvalue weighted by atomic mass is 10.1. The van der Waals surface area contributed by atoms with Crippen molar-refractivity contribution in [3.63, 3.8) is 0 Å². The number of aliphatic imine (C=N–C) groups is 1. The quantitative estimate of drug-likeness (QED) is 0.783. The summed E-state index contributed by atoms with van der Waals surface area (Å²) < 4.78 is 5.94. The average molecular weight is 237 g/mol. The summed E-state index contributed by atoms with van der Waals surface area (Å²) in [5.41, 5.74) is 3.50. The van der Waals surface area contributed by atoms with Gasteiger partial charge in [0.05, 0.1) is 6.54 Å². The summed E-state index contributed by atoms with van der Waals surface area (Å²) in [6.07, 6.45) is 0.0557. The molecule has 1 heterocycles. The van der Waals surface area contributed by atoms with Gasteiger partial charge in [-0.25, -0.2) is 4.99 Å². The highest BCUT2D eigenvalue weighted by atomic mass is 16.5. The van der Waals surface area contributed by atoms with Gasteiger partial charge in [0.2, 0.25) is 5.90 Å². The van der Waals surface area contributed by atoms with Crippen molar-refractivity contribution >= 4 is 5.90 Å². The van der Waals surface area contributed by atoms with E-state index in [1.807, 2.05) is 30.3 Å². The number of aryl methyl sites for hydroxylation is 1. The van der Waals surface area contributed by atoms with Gasteiger partial charge in [-0.2, -0.15) is 0 Å². The zero-order valence-corrected chi connectivity index (χ0v) is 10.3. The molecule has 0 saturated carbocycles. The van der Waals surface area contributed by atoms with Crippen LogP contribution in [-0.2, 0) is 4.74 Å². The molecule has 18 heavy (non-hydrogen) atoms. The Kier molecular flexibility index (Phi) is 2.85. The van der Waals surface area contributed by atoms with Crippen molar-refractivity contribution in [2.24, 2.45) is 4.99 Å². The number of nitrogens with zero attached hydrogens (tertiary/aromatic N) is 1. The Hall–Kier alpha value is -2.09. The number of benzene rings is 2. The fraction of sp³-hybridized carbons (Fsp3) is 0.188. The SMILES string of the molecule is Cc1cccc(C2CN=C(c3ccccc3)O2)c1. The highest BCUT2D eigenvalue weighted by molar-refractivity contribution is 5.95. The zero-order valence-electron chi connectivity index (χ0n) is 10.3. The van der Waals surface area contributed by atoms with Crippen LogP contribution in [0.3, 0.4) is 0 Å². The standard InChI is InChI=1S/C16H15NO/c1-12-6-5-9-14(10-12)15-11-17-16(18-15)13-7-3-2-4-8-13/h2-10,15H,11H2,1H3. The summed E-state index contributed by atoms with van der Waals surface area (Å²) in [6, 6.07) is 18.5. The van der Waals surface area contributed by atoms with Crippen LogP contribution in [0, 0.1) is 6.92 Å². The first kappa shape index (κ1) is 11.0. The topological polar surface area (TPSA) is 21.6 Å². The van der Waals surface area contributed by atoms with E-state index in [-0.39, 0.29) is 6.10 Å². The van der Waals surface area contributed by atoms with Crippen LogP contribution in [0.1, 0.15) is 22.8 Å². The first-order chi connectivity index (χ1) is 8.83. The van der Waals surface area contributed by atoms with Gasteiger partial charge in [0.25, 0.3) is 0 Å². The fourth-order valence-electron chi connectivity index (χ4n) is 2.16. The summed E-state index contributed by atoms with van der Waals surface area (Å²) in [5, 5.41) is 0. The third kappa shape index (κ3) is 2.14. The Morgan fingerprint density at radius 1 is 1.06 bits per heavy atom. The predicted octanol–water partition coefficient (Wildman–Crippen LogP) is 3.51. The molecule has 0 aliphatic carbocycles. The van der Waals surface area contributed by atoms with E-state index in [1.54, 1.807) is 0 Å². The molecule has 1 unspecified atom stereocenters. The maximum atomic E-state index is 5.94. The van der Waals surface area contributed by atoms with Gasteiger partial charge in [-0.15, -0.1) is 0 Å². The van der Waals surface area contributed by atoms with Crippen LogP contribution < -0.4 is 0 Å². The molecule has 2 aromatic rings. The smallest absolute Gasteiger partial charge is 0.216 e. The van der Waals surface area contributed by atoms with Gasteiger partial charge in [0, 0.05) is 5.56 Å². The van der Waals surface area contributed by atoms with Crippen molar-refractivity contribution in [3.05, 3.63) is 71.3 Å². The van der Waals surface area contributed by atoms with Crippen molar-refractivity contribution in [3.8, 4) is 0 Å². The van der Waals surface area contributed by atoms with Crippen LogP contribution in [0.5, 0.6) is 0 Å². The molecule has 0 radical (unpaired) electrons. The molecule has 0 N–H and O–H groups in total. The van der Waals surface area contributed by atoms with Gasteiger partial charge in [-0.3, -0.25) is 0 Å². The molecule has 0 amide bonds. The lowest BCUT2D eigenvalue weighted by molar-refractivity contribution is 0.230. The Morgan fingerprint density at radius 3 is 2.67 bits per heavy atom. The fourth-order valence-corrected chi connectivity index (χ4v) is 2.16. The summed E-state index contributed by atoms with van der Waals surface area (Å²) >= 11 is 0. The van der Waals surface area contributed by atoms with Crippen molar-refractivity contribution in [2.45, 2.75) is 13.0 Å². The van der Waals surface area contributed by atoms with Crippen LogP contribution in [0.15, 0.2) is 59.6 Å². The van der Waals surface area contributed by atoms with E-state index in [4.69, 9.17) is 4.74 Å². The number of hydrogen-bond donors (Lipinski definition) is 0. The number of rotatable bonds is 2. The second-order valence-electron chi connectivity index (χ2n) is 4.53. The monoisotopic (exact) mass is 237 g/mol. The molecule has 2 nitrogen and oxygen atoms in total. The van der Waals surface area contributed by atoms with Crippen LogP contribution in [0.4, 0.5) is 0 Å². The van der Waals surface area contributed by atoms with Gasteiger partial charge in [0.1, 0.15) is 6.10 Å². The molecule has 3 rings (SSSR count). The number of ether oxygens (including phenoxy) is 1. The lowest BCUT2D eigenvalue weighted by Gasteiger charge is -2.12. The second kappa shape index (κ2) is 4.65. The van der Waals surface area contributed by atoms with Gasteiger partial charge in [-0.05, 0) is 24.6 Å². The van der Waals surface area contributed by atoms with E-state index < -0.39 is 0 Å². The van der Waals surface area contributed by atoms with E-state index >= 15 is 0 Å². The molecule has 1 aliphatic rings. The van der Waals surface area contributed by atoms with E-state index in [9.17, 15) is 0 Å². The van der Waals surface area contributed by atoms with Crippen LogP contribution in [-0.4, -0.2) is 12.4 Å². The third-order valence-electron chi connectivity index (χ3n) is 3.09. The Labute approximate surface area is 107 Å². The molecule has 0 bridgehead atoms. The summed E-state index contributed by atoms with van der Waals surface area (Å²) in [5.74, 6) is 0.752. The van der Waals surface area contributed by atoms with E-state index in [1.165, 1.54) is 11.1 Å². The largest absolute Gasteiger partial charge is 0.467 e. The van der Waals surface area contributed by atoms with Crippen LogP contribution in [0.2, 0.25) is 0 Å². The molecule has 2 heteroatoms. The third-order valence-corrected chi connectivity index (χ3v) is 3.09. The van der Waals surface area contributed by atoms with Crippen molar-refractivity contribution < 1.29 is 4.74 Å². The van der Waals surface area contributed by atoms with Gasteiger partial charge in [-0.1, -0.05) is 48.0 Å². The minimum absolute atomic E-state index is 0.0557. The lowest BCUT2D eigenvalue weighted by Crippen LogP contribution is -2.06. The Bertz CT molecular complexity index is 575. The molecule has 2 aromatic carbocycles. The molecule has 1 aliphatic heterocycles. The Balaban J connectivity index is 1.79. The second-order valence-corrected chi connectivity index (χ2v) is 4.53. The molecular formula is C16H15NO. The van der Waals surface area contributed by atoms with Crippen molar-refractivity contribution in [1.29, 1.82) is 0 Å². The molecular weight excluding hydrogens is 222 g/mol.